The summed E-state index contributed by atoms with van der Waals surface area (Å²) < 4.78 is 5.70. The molecule has 0 radical (unpaired) electrons. The van der Waals surface area contributed by atoms with Crippen molar-refractivity contribution in [1.29, 1.82) is 0 Å². The van der Waals surface area contributed by atoms with E-state index >= 15 is 0 Å². The van der Waals surface area contributed by atoms with Gasteiger partial charge in [0.1, 0.15) is 6.10 Å². The Hall–Kier alpha value is -1.55. The molecule has 0 aromatic heterocycles. The standard InChI is InChI=1S/C18H20ClNO2.ClH/c1-20(2)13-12-17(14-6-4-3-5-7-14)22-18(21)15-8-10-16(19)11-9-15;/h3-11,17H,12-13H2,1-2H3;1H/p-1. The van der Waals surface area contributed by atoms with E-state index in [-0.39, 0.29) is 24.5 Å². The highest BCUT2D eigenvalue weighted by molar-refractivity contribution is 6.30. The normalized spacial score (nSPS) is 11.7. The molecule has 1 unspecified atom stereocenters. The number of halogens is 2. The highest BCUT2D eigenvalue weighted by Crippen LogP contribution is 2.23. The van der Waals surface area contributed by atoms with Gasteiger partial charge in [0.05, 0.1) is 5.56 Å². The summed E-state index contributed by atoms with van der Waals surface area (Å²) in [6.07, 6.45) is 0.489. The van der Waals surface area contributed by atoms with Gasteiger partial charge in [-0.25, -0.2) is 4.79 Å². The van der Waals surface area contributed by atoms with Gasteiger partial charge in [-0.05, 0) is 43.9 Å². The average molecular weight is 353 g/mol. The zero-order valence-electron chi connectivity index (χ0n) is 13.2. The summed E-state index contributed by atoms with van der Waals surface area (Å²) >= 11 is 5.84. The Morgan fingerprint density at radius 1 is 1.09 bits per heavy atom. The highest BCUT2D eigenvalue weighted by Gasteiger charge is 2.18. The lowest BCUT2D eigenvalue weighted by Gasteiger charge is -2.20. The SMILES string of the molecule is CN(C)CCC(OC(=O)c1ccc(Cl)cc1)c1ccccc1.[Cl-]. The quantitative estimate of drug-likeness (QED) is 0.731. The minimum atomic E-state index is -0.329. The topological polar surface area (TPSA) is 29.5 Å². The number of carbonyl (C=O) groups excluding carboxylic acids is 1. The third-order valence-corrected chi connectivity index (χ3v) is 3.59. The van der Waals surface area contributed by atoms with E-state index in [2.05, 4.69) is 4.90 Å². The molecule has 0 saturated carbocycles. The number of ether oxygens (including phenoxy) is 1. The first-order valence-electron chi connectivity index (χ1n) is 7.22. The summed E-state index contributed by atoms with van der Waals surface area (Å²) in [5.74, 6) is -0.329. The summed E-state index contributed by atoms with van der Waals surface area (Å²) in [5.41, 5.74) is 1.52. The third-order valence-electron chi connectivity index (χ3n) is 3.34. The number of benzene rings is 2. The molecule has 0 aliphatic heterocycles. The molecule has 0 spiro atoms. The predicted molar refractivity (Wildman–Crippen MR) is 89.2 cm³/mol. The van der Waals surface area contributed by atoms with E-state index in [1.165, 1.54) is 0 Å². The lowest BCUT2D eigenvalue weighted by atomic mass is 10.1. The molecule has 124 valence electrons. The molecule has 0 amide bonds. The van der Waals surface area contributed by atoms with Crippen LogP contribution in [0.2, 0.25) is 5.02 Å². The van der Waals surface area contributed by atoms with Gasteiger partial charge in [0.2, 0.25) is 0 Å². The van der Waals surface area contributed by atoms with Crippen LogP contribution in [0.5, 0.6) is 0 Å². The van der Waals surface area contributed by atoms with E-state index in [0.717, 1.165) is 18.5 Å². The van der Waals surface area contributed by atoms with E-state index in [4.69, 9.17) is 16.3 Å². The summed E-state index contributed by atoms with van der Waals surface area (Å²) in [6.45, 7) is 0.841. The highest BCUT2D eigenvalue weighted by atomic mass is 35.5. The van der Waals surface area contributed by atoms with Crippen LogP contribution < -0.4 is 12.4 Å². The van der Waals surface area contributed by atoms with Crippen molar-refractivity contribution in [3.05, 3.63) is 70.7 Å². The van der Waals surface area contributed by atoms with Crippen LogP contribution >= 0.6 is 11.6 Å². The molecule has 5 heteroatoms. The van der Waals surface area contributed by atoms with Gasteiger partial charge in [-0.2, -0.15) is 0 Å². The van der Waals surface area contributed by atoms with Crippen LogP contribution in [-0.2, 0) is 4.74 Å². The van der Waals surface area contributed by atoms with Crippen molar-refractivity contribution < 1.29 is 21.9 Å². The van der Waals surface area contributed by atoms with E-state index in [0.29, 0.717) is 10.6 Å². The Kier molecular flexibility index (Phi) is 8.10. The summed E-state index contributed by atoms with van der Waals surface area (Å²) in [7, 11) is 4.01. The third kappa shape index (κ3) is 6.22. The molecule has 0 N–H and O–H groups in total. The molecule has 2 aromatic rings. The number of nitrogens with zero attached hydrogens (tertiary/aromatic N) is 1. The van der Waals surface area contributed by atoms with Crippen molar-refractivity contribution in [2.75, 3.05) is 20.6 Å². The van der Waals surface area contributed by atoms with Crippen LogP contribution in [0, 0.1) is 0 Å². The van der Waals surface area contributed by atoms with Gasteiger partial charge >= 0.3 is 5.97 Å². The summed E-state index contributed by atoms with van der Waals surface area (Å²) in [5, 5.41) is 0.601. The molecule has 0 aliphatic rings. The van der Waals surface area contributed by atoms with Gasteiger partial charge in [-0.15, -0.1) is 0 Å². The minimum absolute atomic E-state index is 0. The van der Waals surface area contributed by atoms with Gasteiger partial charge in [-0.3, -0.25) is 0 Å². The fourth-order valence-corrected chi connectivity index (χ4v) is 2.25. The molecule has 0 saturated heterocycles. The first-order chi connectivity index (χ1) is 10.6. The zero-order chi connectivity index (χ0) is 15.9. The fourth-order valence-electron chi connectivity index (χ4n) is 2.12. The van der Waals surface area contributed by atoms with Crippen LogP contribution in [0.4, 0.5) is 0 Å². The van der Waals surface area contributed by atoms with Crippen molar-refractivity contribution in [3.63, 3.8) is 0 Å². The maximum atomic E-state index is 12.3. The molecular weight excluding hydrogens is 333 g/mol. The van der Waals surface area contributed by atoms with Gasteiger partial charge in [-0.1, -0.05) is 41.9 Å². The average Bonchev–Trinajstić information content (AvgIpc) is 2.52. The van der Waals surface area contributed by atoms with Crippen molar-refractivity contribution in [2.45, 2.75) is 12.5 Å². The number of hydrogen-bond donors (Lipinski definition) is 0. The van der Waals surface area contributed by atoms with E-state index < -0.39 is 0 Å². The molecule has 3 nitrogen and oxygen atoms in total. The van der Waals surface area contributed by atoms with Crippen LogP contribution in [0.25, 0.3) is 0 Å². The van der Waals surface area contributed by atoms with Gasteiger partial charge in [0.15, 0.2) is 0 Å². The lowest BCUT2D eigenvalue weighted by molar-refractivity contribution is -0.0000378. The second-order valence-electron chi connectivity index (χ2n) is 5.40. The molecule has 0 heterocycles. The number of hydrogen-bond acceptors (Lipinski definition) is 3. The molecule has 0 aliphatic carbocycles. The number of carbonyl (C=O) groups is 1. The van der Waals surface area contributed by atoms with E-state index in [1.54, 1.807) is 24.3 Å². The van der Waals surface area contributed by atoms with Crippen LogP contribution in [0.1, 0.15) is 28.4 Å². The Balaban J connectivity index is 0.00000264. The summed E-state index contributed by atoms with van der Waals surface area (Å²) in [6, 6.07) is 16.6. The molecule has 2 rings (SSSR count). The van der Waals surface area contributed by atoms with Crippen LogP contribution in [0.3, 0.4) is 0 Å². The fraction of sp³-hybridized carbons (Fsp3) is 0.278. The monoisotopic (exact) mass is 352 g/mol. The second-order valence-corrected chi connectivity index (χ2v) is 5.84. The molecule has 1 atom stereocenters. The van der Waals surface area contributed by atoms with Gasteiger partial charge in [0.25, 0.3) is 0 Å². The van der Waals surface area contributed by atoms with Crippen molar-refractivity contribution >= 4 is 17.6 Å². The molecule has 23 heavy (non-hydrogen) atoms. The van der Waals surface area contributed by atoms with Gasteiger partial charge in [0, 0.05) is 18.0 Å². The Labute approximate surface area is 148 Å². The second kappa shape index (κ2) is 9.56. The summed E-state index contributed by atoms with van der Waals surface area (Å²) in [4.78, 5) is 14.4. The maximum absolute atomic E-state index is 12.3. The van der Waals surface area contributed by atoms with Crippen molar-refractivity contribution in [1.82, 2.24) is 4.90 Å². The van der Waals surface area contributed by atoms with Crippen molar-refractivity contribution in [3.8, 4) is 0 Å². The first kappa shape index (κ1) is 19.5. The molecular formula is C18H20Cl2NO2-. The first-order valence-corrected chi connectivity index (χ1v) is 7.60. The predicted octanol–water partition coefficient (Wildman–Crippen LogP) is 1.19. The van der Waals surface area contributed by atoms with E-state index in [1.807, 2.05) is 44.4 Å². The van der Waals surface area contributed by atoms with Crippen LogP contribution in [0.15, 0.2) is 54.6 Å². The van der Waals surface area contributed by atoms with Crippen molar-refractivity contribution in [2.24, 2.45) is 0 Å². The largest absolute Gasteiger partial charge is 1.00 e. The minimum Gasteiger partial charge on any atom is -1.00 e. The van der Waals surface area contributed by atoms with Crippen LogP contribution in [-0.4, -0.2) is 31.5 Å². The molecule has 0 bridgehead atoms. The number of esters is 1. The Morgan fingerprint density at radius 3 is 2.26 bits per heavy atom. The molecule has 2 aromatic carbocycles. The van der Waals surface area contributed by atoms with Gasteiger partial charge < -0.3 is 22.0 Å². The Bertz CT molecular complexity index is 600. The van der Waals surface area contributed by atoms with E-state index in [9.17, 15) is 4.79 Å². The Morgan fingerprint density at radius 2 is 1.70 bits per heavy atom. The lowest BCUT2D eigenvalue weighted by Crippen LogP contribution is -3.00. The maximum Gasteiger partial charge on any atom is 0.338 e. The smallest absolute Gasteiger partial charge is 0.338 e. The number of rotatable bonds is 6. The zero-order valence-corrected chi connectivity index (χ0v) is 14.7. The molecule has 0 fully saturated rings.